The molecule has 0 saturated heterocycles. The monoisotopic (exact) mass is 208 g/mol. The quantitative estimate of drug-likeness (QED) is 0.798. The highest BCUT2D eigenvalue weighted by molar-refractivity contribution is 5.05. The topological polar surface area (TPSA) is 56.7 Å². The molecule has 0 aromatic carbocycles. The number of aryl methyl sites for hydroxylation is 2. The SMILES string of the molecule is CCc1nc(C2CCCCC2N)n(C)n1. The van der Waals surface area contributed by atoms with Crippen LogP contribution in [0.2, 0.25) is 0 Å². The Morgan fingerprint density at radius 2 is 2.13 bits per heavy atom. The highest BCUT2D eigenvalue weighted by Crippen LogP contribution is 2.30. The molecule has 1 aromatic rings. The van der Waals surface area contributed by atoms with Crippen LogP contribution in [0.5, 0.6) is 0 Å². The maximum Gasteiger partial charge on any atom is 0.150 e. The summed E-state index contributed by atoms with van der Waals surface area (Å²) >= 11 is 0. The number of nitrogens with zero attached hydrogens (tertiary/aromatic N) is 3. The first-order chi connectivity index (χ1) is 7.22. The minimum Gasteiger partial charge on any atom is -0.327 e. The van der Waals surface area contributed by atoms with Crippen LogP contribution in [0, 0.1) is 0 Å². The van der Waals surface area contributed by atoms with E-state index < -0.39 is 0 Å². The molecule has 1 aliphatic rings. The maximum atomic E-state index is 6.15. The molecule has 0 radical (unpaired) electrons. The lowest BCUT2D eigenvalue weighted by Gasteiger charge is -2.27. The lowest BCUT2D eigenvalue weighted by atomic mass is 9.84. The van der Waals surface area contributed by atoms with Crippen molar-refractivity contribution in [3.8, 4) is 0 Å². The zero-order valence-corrected chi connectivity index (χ0v) is 9.61. The molecule has 2 atom stereocenters. The van der Waals surface area contributed by atoms with Crippen molar-refractivity contribution < 1.29 is 0 Å². The predicted octanol–water partition coefficient (Wildman–Crippen LogP) is 1.36. The Morgan fingerprint density at radius 1 is 1.40 bits per heavy atom. The van der Waals surface area contributed by atoms with Crippen LogP contribution in [0.15, 0.2) is 0 Å². The molecule has 1 aliphatic carbocycles. The van der Waals surface area contributed by atoms with Crippen LogP contribution in [0.4, 0.5) is 0 Å². The Labute approximate surface area is 90.9 Å². The van der Waals surface area contributed by atoms with Gasteiger partial charge in [-0.05, 0) is 12.8 Å². The number of rotatable bonds is 2. The van der Waals surface area contributed by atoms with Crippen LogP contribution in [0.25, 0.3) is 0 Å². The molecule has 1 saturated carbocycles. The number of hydrogen-bond donors (Lipinski definition) is 1. The van der Waals surface area contributed by atoms with Gasteiger partial charge in [0.2, 0.25) is 0 Å². The van der Waals surface area contributed by atoms with Crippen LogP contribution >= 0.6 is 0 Å². The lowest BCUT2D eigenvalue weighted by Crippen LogP contribution is -2.33. The van der Waals surface area contributed by atoms with Gasteiger partial charge in [0.1, 0.15) is 5.82 Å². The van der Waals surface area contributed by atoms with E-state index in [4.69, 9.17) is 5.73 Å². The van der Waals surface area contributed by atoms with Gasteiger partial charge in [-0.1, -0.05) is 19.8 Å². The molecule has 2 unspecified atom stereocenters. The maximum absolute atomic E-state index is 6.15. The van der Waals surface area contributed by atoms with Crippen LogP contribution in [0.1, 0.15) is 50.2 Å². The predicted molar refractivity (Wildman–Crippen MR) is 59.6 cm³/mol. The first-order valence-electron chi connectivity index (χ1n) is 5.87. The van der Waals surface area contributed by atoms with Gasteiger partial charge in [-0.25, -0.2) is 4.98 Å². The van der Waals surface area contributed by atoms with Crippen LogP contribution in [0.3, 0.4) is 0 Å². The molecule has 0 spiro atoms. The third-order valence-electron chi connectivity index (χ3n) is 3.31. The highest BCUT2D eigenvalue weighted by Gasteiger charge is 2.27. The van der Waals surface area contributed by atoms with Crippen LogP contribution < -0.4 is 5.73 Å². The number of aromatic nitrogens is 3. The molecule has 4 nitrogen and oxygen atoms in total. The van der Waals surface area contributed by atoms with Gasteiger partial charge in [0.25, 0.3) is 0 Å². The van der Waals surface area contributed by atoms with Gasteiger partial charge in [-0.15, -0.1) is 0 Å². The molecule has 84 valence electrons. The molecular formula is C11H20N4. The smallest absolute Gasteiger partial charge is 0.150 e. The third kappa shape index (κ3) is 2.04. The van der Waals surface area contributed by atoms with Gasteiger partial charge < -0.3 is 5.73 Å². The molecule has 15 heavy (non-hydrogen) atoms. The Balaban J connectivity index is 2.23. The summed E-state index contributed by atoms with van der Waals surface area (Å²) in [7, 11) is 1.98. The fourth-order valence-electron chi connectivity index (χ4n) is 2.40. The second kappa shape index (κ2) is 4.31. The molecule has 2 N–H and O–H groups in total. The Bertz CT molecular complexity index is 331. The third-order valence-corrected chi connectivity index (χ3v) is 3.31. The molecule has 0 amide bonds. The first kappa shape index (κ1) is 10.6. The summed E-state index contributed by atoms with van der Waals surface area (Å²) in [6, 6.07) is 0.270. The summed E-state index contributed by atoms with van der Waals surface area (Å²) < 4.78 is 1.91. The van der Waals surface area contributed by atoms with E-state index >= 15 is 0 Å². The fourth-order valence-corrected chi connectivity index (χ4v) is 2.40. The summed E-state index contributed by atoms with van der Waals surface area (Å²) in [6.07, 6.45) is 5.72. The van der Waals surface area contributed by atoms with Crippen molar-refractivity contribution in [1.29, 1.82) is 0 Å². The van der Waals surface area contributed by atoms with Gasteiger partial charge in [-0.2, -0.15) is 5.10 Å². The Kier molecular flexibility index (Phi) is 3.05. The van der Waals surface area contributed by atoms with Gasteiger partial charge in [-0.3, -0.25) is 4.68 Å². The fraction of sp³-hybridized carbons (Fsp3) is 0.818. The van der Waals surface area contributed by atoms with Crippen molar-refractivity contribution in [2.24, 2.45) is 12.8 Å². The van der Waals surface area contributed by atoms with Crippen molar-refractivity contribution in [1.82, 2.24) is 14.8 Å². The molecular weight excluding hydrogens is 188 g/mol. The standard InChI is InChI=1S/C11H20N4/c1-3-10-13-11(15(2)14-10)8-6-4-5-7-9(8)12/h8-9H,3-7,12H2,1-2H3. The Morgan fingerprint density at radius 3 is 2.73 bits per heavy atom. The van der Waals surface area contributed by atoms with E-state index in [1.165, 1.54) is 12.8 Å². The summed E-state index contributed by atoms with van der Waals surface area (Å²) in [6.45, 7) is 2.08. The average Bonchev–Trinajstić information content (AvgIpc) is 2.60. The first-order valence-corrected chi connectivity index (χ1v) is 5.87. The van der Waals surface area contributed by atoms with Crippen LogP contribution in [-0.4, -0.2) is 20.8 Å². The van der Waals surface area contributed by atoms with E-state index in [9.17, 15) is 0 Å². The van der Waals surface area contributed by atoms with E-state index in [0.29, 0.717) is 5.92 Å². The van der Waals surface area contributed by atoms with Crippen molar-refractivity contribution >= 4 is 0 Å². The lowest BCUT2D eigenvalue weighted by molar-refractivity contribution is 0.364. The average molecular weight is 208 g/mol. The van der Waals surface area contributed by atoms with Crippen molar-refractivity contribution in [2.75, 3.05) is 0 Å². The molecule has 1 aromatic heterocycles. The van der Waals surface area contributed by atoms with Crippen molar-refractivity contribution in [3.05, 3.63) is 11.6 Å². The molecule has 1 fully saturated rings. The van der Waals surface area contributed by atoms with Crippen LogP contribution in [-0.2, 0) is 13.5 Å². The second-order valence-electron chi connectivity index (χ2n) is 4.42. The summed E-state index contributed by atoms with van der Waals surface area (Å²) in [5.74, 6) is 2.43. The van der Waals surface area contributed by atoms with Gasteiger partial charge >= 0.3 is 0 Å². The number of nitrogens with two attached hydrogens (primary N) is 1. The normalized spacial score (nSPS) is 26.9. The Hall–Kier alpha value is -0.900. The molecule has 0 bridgehead atoms. The summed E-state index contributed by atoms with van der Waals surface area (Å²) in [4.78, 5) is 4.57. The van der Waals surface area contributed by atoms with Gasteiger partial charge in [0.05, 0.1) is 0 Å². The summed E-state index contributed by atoms with van der Waals surface area (Å²) in [5, 5.41) is 4.39. The summed E-state index contributed by atoms with van der Waals surface area (Å²) in [5.41, 5.74) is 6.15. The molecule has 0 aliphatic heterocycles. The highest BCUT2D eigenvalue weighted by atomic mass is 15.3. The zero-order valence-electron chi connectivity index (χ0n) is 9.61. The van der Waals surface area contributed by atoms with E-state index in [2.05, 4.69) is 17.0 Å². The molecule has 4 heteroatoms. The largest absolute Gasteiger partial charge is 0.327 e. The van der Waals surface area contributed by atoms with E-state index in [1.54, 1.807) is 0 Å². The van der Waals surface area contributed by atoms with Crippen molar-refractivity contribution in [2.45, 2.75) is 51.0 Å². The van der Waals surface area contributed by atoms with Crippen molar-refractivity contribution in [3.63, 3.8) is 0 Å². The van der Waals surface area contributed by atoms with E-state index in [1.807, 2.05) is 11.7 Å². The second-order valence-corrected chi connectivity index (χ2v) is 4.42. The van der Waals surface area contributed by atoms with E-state index in [-0.39, 0.29) is 6.04 Å². The van der Waals surface area contributed by atoms with Gasteiger partial charge in [0.15, 0.2) is 5.82 Å². The number of hydrogen-bond acceptors (Lipinski definition) is 3. The van der Waals surface area contributed by atoms with E-state index in [0.717, 1.165) is 30.9 Å². The minimum absolute atomic E-state index is 0.270. The minimum atomic E-state index is 0.270. The molecule has 2 rings (SSSR count). The van der Waals surface area contributed by atoms with Gasteiger partial charge in [0, 0.05) is 25.4 Å². The molecule has 1 heterocycles. The zero-order chi connectivity index (χ0) is 10.8.